The van der Waals surface area contributed by atoms with Crippen molar-refractivity contribution in [1.29, 1.82) is 0 Å². The van der Waals surface area contributed by atoms with Gasteiger partial charge in [0.1, 0.15) is 0 Å². The molecule has 0 aromatic rings. The maximum atomic E-state index is 8.66. The molecule has 0 spiro atoms. The molecule has 58 valence electrons. The first-order valence-electron chi connectivity index (χ1n) is 2.60. The van der Waals surface area contributed by atoms with Gasteiger partial charge in [0.25, 0.3) is 0 Å². The molecule has 9 heavy (non-hydrogen) atoms. The SMILES string of the molecule is CN(C)CCS(N)(O)O. The fourth-order valence-electron chi connectivity index (χ4n) is 0.317. The van der Waals surface area contributed by atoms with Crippen LogP contribution in [0.1, 0.15) is 0 Å². The van der Waals surface area contributed by atoms with Gasteiger partial charge in [-0.15, -0.1) is 10.8 Å². The monoisotopic (exact) mass is 154 g/mol. The van der Waals surface area contributed by atoms with E-state index in [-0.39, 0.29) is 5.75 Å². The topological polar surface area (TPSA) is 69.7 Å². The van der Waals surface area contributed by atoms with E-state index in [0.29, 0.717) is 6.54 Å². The molecule has 0 rings (SSSR count). The van der Waals surface area contributed by atoms with Gasteiger partial charge in [-0.25, -0.2) is 5.14 Å². The van der Waals surface area contributed by atoms with Crippen LogP contribution in [-0.2, 0) is 0 Å². The normalized spacial score (nSPS) is 14.4. The van der Waals surface area contributed by atoms with E-state index in [4.69, 9.17) is 14.2 Å². The Morgan fingerprint density at radius 1 is 1.44 bits per heavy atom. The Hall–Kier alpha value is 0.190. The summed E-state index contributed by atoms with van der Waals surface area (Å²) in [7, 11) is 0.944. The summed E-state index contributed by atoms with van der Waals surface area (Å²) in [6, 6.07) is 0. The first kappa shape index (κ1) is 9.19. The predicted molar refractivity (Wildman–Crippen MR) is 40.5 cm³/mol. The van der Waals surface area contributed by atoms with Gasteiger partial charge >= 0.3 is 0 Å². The second-order valence-electron chi connectivity index (χ2n) is 2.22. The highest BCUT2D eigenvalue weighted by Gasteiger charge is 2.03. The van der Waals surface area contributed by atoms with Gasteiger partial charge in [0.15, 0.2) is 0 Å². The largest absolute Gasteiger partial charge is 0.308 e. The molecular formula is C4H14N2O2S. The van der Waals surface area contributed by atoms with E-state index >= 15 is 0 Å². The maximum Gasteiger partial charge on any atom is 0.0652 e. The van der Waals surface area contributed by atoms with Gasteiger partial charge < -0.3 is 4.90 Å². The summed E-state index contributed by atoms with van der Waals surface area (Å²) in [5.74, 6) is 0.250. The van der Waals surface area contributed by atoms with Crippen LogP contribution in [0.25, 0.3) is 0 Å². The van der Waals surface area contributed by atoms with Crippen LogP contribution >= 0.6 is 10.8 Å². The minimum Gasteiger partial charge on any atom is -0.308 e. The summed E-state index contributed by atoms with van der Waals surface area (Å²) in [5, 5.41) is 4.95. The zero-order valence-electron chi connectivity index (χ0n) is 5.74. The molecule has 0 saturated carbocycles. The van der Waals surface area contributed by atoms with E-state index in [1.807, 2.05) is 19.0 Å². The molecule has 0 heterocycles. The molecular weight excluding hydrogens is 140 g/mol. The lowest BCUT2D eigenvalue weighted by Crippen LogP contribution is -2.23. The first-order chi connectivity index (χ1) is 3.92. The Bertz CT molecular complexity index is 81.1. The van der Waals surface area contributed by atoms with E-state index in [0.717, 1.165) is 0 Å². The molecule has 0 aliphatic carbocycles. The van der Waals surface area contributed by atoms with Gasteiger partial charge in [0.2, 0.25) is 0 Å². The van der Waals surface area contributed by atoms with Crippen LogP contribution in [0.15, 0.2) is 0 Å². The molecule has 5 heteroatoms. The number of hydrogen-bond donors (Lipinski definition) is 3. The lowest BCUT2D eigenvalue weighted by Gasteiger charge is -2.27. The molecule has 0 unspecified atom stereocenters. The van der Waals surface area contributed by atoms with Crippen molar-refractivity contribution in [2.75, 3.05) is 26.4 Å². The lowest BCUT2D eigenvalue weighted by atomic mass is 10.7. The molecule has 0 amide bonds. The molecule has 0 saturated heterocycles. The quantitative estimate of drug-likeness (QED) is 0.542. The summed E-state index contributed by atoms with van der Waals surface area (Å²) in [4.78, 5) is 1.85. The Morgan fingerprint density at radius 2 is 1.89 bits per heavy atom. The first-order valence-corrected chi connectivity index (χ1v) is 4.38. The van der Waals surface area contributed by atoms with Crippen LogP contribution in [0, 0.1) is 0 Å². The van der Waals surface area contributed by atoms with Crippen molar-refractivity contribution < 1.29 is 9.11 Å². The summed E-state index contributed by atoms with van der Waals surface area (Å²) >= 11 is 0. The molecule has 0 aromatic carbocycles. The van der Waals surface area contributed by atoms with E-state index in [1.54, 1.807) is 0 Å². The van der Waals surface area contributed by atoms with E-state index < -0.39 is 10.8 Å². The third kappa shape index (κ3) is 8.19. The highest BCUT2D eigenvalue weighted by Crippen LogP contribution is 2.26. The fraction of sp³-hybridized carbons (Fsp3) is 1.00. The zero-order chi connectivity index (χ0) is 7.49. The summed E-state index contributed by atoms with van der Waals surface area (Å²) in [6.07, 6.45) is 0. The van der Waals surface area contributed by atoms with Gasteiger partial charge in [0, 0.05) is 6.54 Å². The van der Waals surface area contributed by atoms with Crippen molar-refractivity contribution in [2.24, 2.45) is 5.14 Å². The van der Waals surface area contributed by atoms with Crippen molar-refractivity contribution in [3.8, 4) is 0 Å². The number of rotatable bonds is 3. The van der Waals surface area contributed by atoms with Gasteiger partial charge in [-0.05, 0) is 14.1 Å². The minimum atomic E-state index is -2.76. The minimum absolute atomic E-state index is 0.250. The van der Waals surface area contributed by atoms with Crippen LogP contribution in [0.3, 0.4) is 0 Å². The maximum absolute atomic E-state index is 8.66. The average molecular weight is 154 g/mol. The highest BCUT2D eigenvalue weighted by molar-refractivity contribution is 8.22. The summed E-state index contributed by atoms with van der Waals surface area (Å²) < 4.78 is 17.3. The predicted octanol–water partition coefficient (Wildman–Crippen LogP) is 0.172. The third-order valence-electron chi connectivity index (χ3n) is 0.839. The molecule has 4 nitrogen and oxygen atoms in total. The van der Waals surface area contributed by atoms with Gasteiger partial charge in [-0.3, -0.25) is 9.11 Å². The summed E-state index contributed by atoms with van der Waals surface area (Å²) in [5.41, 5.74) is 0. The van der Waals surface area contributed by atoms with Crippen molar-refractivity contribution in [1.82, 2.24) is 4.90 Å². The van der Waals surface area contributed by atoms with Crippen molar-refractivity contribution in [3.63, 3.8) is 0 Å². The van der Waals surface area contributed by atoms with Crippen LogP contribution in [0.2, 0.25) is 0 Å². The van der Waals surface area contributed by atoms with Gasteiger partial charge in [0.05, 0.1) is 5.75 Å². The summed E-state index contributed by atoms with van der Waals surface area (Å²) in [6.45, 7) is 0.610. The zero-order valence-corrected chi connectivity index (χ0v) is 6.56. The second kappa shape index (κ2) is 3.38. The smallest absolute Gasteiger partial charge is 0.0652 e. The molecule has 0 bridgehead atoms. The molecule has 0 fully saturated rings. The van der Waals surface area contributed by atoms with E-state index in [2.05, 4.69) is 0 Å². The fourth-order valence-corrected chi connectivity index (χ4v) is 0.951. The van der Waals surface area contributed by atoms with Crippen molar-refractivity contribution in [2.45, 2.75) is 0 Å². The third-order valence-corrected chi connectivity index (χ3v) is 1.62. The molecule has 0 aliphatic heterocycles. The van der Waals surface area contributed by atoms with Gasteiger partial charge in [-0.2, -0.15) is 0 Å². The molecule has 0 aliphatic rings. The van der Waals surface area contributed by atoms with Crippen LogP contribution in [0.4, 0.5) is 0 Å². The lowest BCUT2D eigenvalue weighted by molar-refractivity contribution is 0.418. The molecule has 0 radical (unpaired) electrons. The van der Waals surface area contributed by atoms with Crippen molar-refractivity contribution >= 4 is 10.8 Å². The van der Waals surface area contributed by atoms with Gasteiger partial charge in [-0.1, -0.05) is 0 Å². The van der Waals surface area contributed by atoms with E-state index in [1.165, 1.54) is 0 Å². The standard InChI is InChI=1S/C4H14N2O2S/c1-6(2)3-4-9(5,7)8/h7-8H,3-5H2,1-2H3. The number of hydrogen-bond acceptors (Lipinski definition) is 4. The number of nitrogens with zero attached hydrogens (tertiary/aromatic N) is 1. The van der Waals surface area contributed by atoms with Crippen LogP contribution < -0.4 is 5.14 Å². The van der Waals surface area contributed by atoms with E-state index in [9.17, 15) is 0 Å². The Kier molecular flexibility index (Phi) is 3.45. The second-order valence-corrected chi connectivity index (χ2v) is 4.07. The van der Waals surface area contributed by atoms with Crippen LogP contribution in [-0.4, -0.2) is 40.4 Å². The highest BCUT2D eigenvalue weighted by atomic mass is 32.3. The molecule has 0 atom stereocenters. The Balaban J connectivity index is 3.28. The van der Waals surface area contributed by atoms with Crippen molar-refractivity contribution in [3.05, 3.63) is 0 Å². The molecule has 0 aromatic heterocycles. The van der Waals surface area contributed by atoms with Crippen LogP contribution in [0.5, 0.6) is 0 Å². The Labute approximate surface area is 57.1 Å². The number of nitrogens with two attached hydrogens (primary N) is 1. The average Bonchev–Trinajstić information content (AvgIpc) is 1.59. The Morgan fingerprint density at radius 3 is 2.00 bits per heavy atom. The molecule has 4 N–H and O–H groups in total.